The average molecular weight is 1010 g/mol. The topological polar surface area (TPSA) is 169 Å². The Hall–Kier alpha value is -2.04. The number of rotatable bonds is 56. The molecule has 0 spiro atoms. The van der Waals surface area contributed by atoms with E-state index in [1.54, 1.807) is 0 Å². The fourth-order valence-electron chi connectivity index (χ4n) is 8.70. The maximum absolute atomic E-state index is 12.4. The molecule has 0 heterocycles. The van der Waals surface area contributed by atoms with E-state index < -0.39 is 57.6 Å². The van der Waals surface area contributed by atoms with Crippen molar-refractivity contribution in [3.05, 3.63) is 24.3 Å². The molecule has 0 aliphatic rings. The van der Waals surface area contributed by atoms with Crippen molar-refractivity contribution < 1.29 is 47.8 Å². The van der Waals surface area contributed by atoms with Gasteiger partial charge in [-0.25, -0.2) is 9.36 Å². The third kappa shape index (κ3) is 52.3. The maximum atomic E-state index is 12.4. The molecule has 0 rings (SSSR count). The van der Waals surface area contributed by atoms with Gasteiger partial charge in [0, 0.05) is 12.8 Å². The molecule has 1 amide bonds. The molecule has 412 valence electrons. The van der Waals surface area contributed by atoms with Gasteiger partial charge in [0.15, 0.2) is 6.04 Å². The lowest BCUT2D eigenvalue weighted by Gasteiger charge is -2.18. The lowest BCUT2D eigenvalue weighted by Crippen LogP contribution is -2.43. The average Bonchev–Trinajstić information content (AvgIpc) is 3.34. The zero-order valence-electron chi connectivity index (χ0n) is 45.3. The van der Waals surface area contributed by atoms with Crippen LogP contribution in [0.1, 0.15) is 296 Å². The molecule has 0 aromatic heterocycles. The summed E-state index contributed by atoms with van der Waals surface area (Å²) in [5, 5.41) is 22.0. The van der Waals surface area contributed by atoms with Gasteiger partial charge in [0.25, 0.3) is 0 Å². The second-order valence-corrected chi connectivity index (χ2v) is 21.6. The highest BCUT2D eigenvalue weighted by Crippen LogP contribution is 2.43. The van der Waals surface area contributed by atoms with E-state index in [0.29, 0.717) is 12.8 Å². The number of aliphatic hydroxyl groups is 1. The molecular weight excluding hydrogens is 902 g/mol. The smallest absolute Gasteiger partial charge is 0.472 e. The van der Waals surface area contributed by atoms with Crippen LogP contribution in [0.25, 0.3) is 0 Å². The van der Waals surface area contributed by atoms with Gasteiger partial charge in [0.2, 0.25) is 5.91 Å². The van der Waals surface area contributed by atoms with Crippen LogP contribution in [-0.4, -0.2) is 64.9 Å². The van der Waals surface area contributed by atoms with E-state index in [4.69, 9.17) is 13.8 Å². The normalized spacial score (nSPS) is 13.5. The van der Waals surface area contributed by atoms with Crippen molar-refractivity contribution in [1.29, 1.82) is 0 Å². The predicted molar refractivity (Wildman–Crippen MR) is 291 cm³/mol. The van der Waals surface area contributed by atoms with Crippen molar-refractivity contribution in [3.8, 4) is 0 Å². The molecule has 4 N–H and O–H groups in total. The van der Waals surface area contributed by atoms with Crippen LogP contribution in [0.4, 0.5) is 0 Å². The van der Waals surface area contributed by atoms with Crippen molar-refractivity contribution in [2.24, 2.45) is 0 Å². The number of carbonyl (C=O) groups excluding carboxylic acids is 2. The van der Waals surface area contributed by atoms with E-state index in [1.165, 1.54) is 212 Å². The molecule has 0 radical (unpaired) electrons. The zero-order chi connectivity index (χ0) is 51.3. The van der Waals surface area contributed by atoms with E-state index >= 15 is 0 Å². The molecule has 0 bridgehead atoms. The number of hydrogen-bond acceptors (Lipinski definition) is 8. The third-order valence-corrected chi connectivity index (χ3v) is 14.2. The number of aliphatic hydroxyl groups excluding tert-OH is 1. The largest absolute Gasteiger partial charge is 0.480 e. The molecule has 12 heteroatoms. The van der Waals surface area contributed by atoms with Gasteiger partial charge < -0.3 is 25.2 Å². The maximum Gasteiger partial charge on any atom is 0.472 e. The first-order valence-electron chi connectivity index (χ1n) is 29.4. The van der Waals surface area contributed by atoms with E-state index in [1.807, 2.05) is 0 Å². The Kier molecular flexibility index (Phi) is 51.7. The minimum absolute atomic E-state index is 0.151. The third-order valence-electron chi connectivity index (χ3n) is 13.2. The standard InChI is InChI=1S/C58H110NO10P/c1-3-5-7-9-11-13-15-17-19-21-23-25-27-29-31-33-35-37-39-41-43-45-47-49-56(61)59-55(58(63)64)53-69-70(65,66)68-52-54(60)51-67-57(62)50-48-46-44-42-40-38-36-34-32-30-28-26-24-22-20-18-16-14-12-10-8-6-4-2/h12,14,18,20,54-55,60H,3-11,13,15-17,19,21-53H2,1-2H3,(H,59,61)(H,63,64)(H,65,66)/b14-12-,20-18-. The Bertz CT molecular complexity index is 1280. The monoisotopic (exact) mass is 1010 g/mol. The van der Waals surface area contributed by atoms with Gasteiger partial charge in [-0.1, -0.05) is 263 Å². The molecule has 0 fully saturated rings. The number of nitrogens with one attached hydrogen (secondary N) is 1. The van der Waals surface area contributed by atoms with E-state index in [-0.39, 0.29) is 12.8 Å². The number of carboxylic acid groups (broad SMARTS) is 1. The number of phosphoric ester groups is 1. The van der Waals surface area contributed by atoms with Gasteiger partial charge in [-0.05, 0) is 44.9 Å². The minimum Gasteiger partial charge on any atom is -0.480 e. The molecule has 0 saturated heterocycles. The fourth-order valence-corrected chi connectivity index (χ4v) is 9.48. The summed E-state index contributed by atoms with van der Waals surface area (Å²) in [6.45, 7) is 2.64. The first-order chi connectivity index (χ1) is 34.1. The van der Waals surface area contributed by atoms with Crippen LogP contribution in [-0.2, 0) is 32.7 Å². The molecule has 0 saturated carbocycles. The quantitative estimate of drug-likeness (QED) is 0.0199. The number of allylic oxidation sites excluding steroid dienone is 4. The van der Waals surface area contributed by atoms with Crippen LogP contribution in [0.3, 0.4) is 0 Å². The Balaban J connectivity index is 3.73. The van der Waals surface area contributed by atoms with E-state index in [9.17, 15) is 34.1 Å². The van der Waals surface area contributed by atoms with Crippen LogP contribution in [0.2, 0.25) is 0 Å². The predicted octanol–water partition coefficient (Wildman–Crippen LogP) is 16.9. The Morgan fingerprint density at radius 3 is 1.19 bits per heavy atom. The molecule has 11 nitrogen and oxygen atoms in total. The number of amides is 1. The lowest BCUT2D eigenvalue weighted by atomic mass is 10.0. The zero-order valence-corrected chi connectivity index (χ0v) is 46.2. The van der Waals surface area contributed by atoms with Crippen molar-refractivity contribution >= 4 is 25.7 Å². The molecule has 0 aromatic rings. The Labute approximate surface area is 429 Å². The minimum atomic E-state index is -4.76. The Morgan fingerprint density at radius 1 is 0.457 bits per heavy atom. The number of esters is 1. The summed E-state index contributed by atoms with van der Waals surface area (Å²) >= 11 is 0. The fraction of sp³-hybridized carbons (Fsp3) is 0.879. The molecular formula is C58H110NO10P. The van der Waals surface area contributed by atoms with Crippen LogP contribution >= 0.6 is 7.82 Å². The number of carbonyl (C=O) groups is 3. The van der Waals surface area contributed by atoms with Crippen LogP contribution < -0.4 is 5.32 Å². The second kappa shape index (κ2) is 53.3. The van der Waals surface area contributed by atoms with Gasteiger partial charge in [0.1, 0.15) is 12.7 Å². The number of unbranched alkanes of at least 4 members (excludes halogenated alkanes) is 38. The molecule has 70 heavy (non-hydrogen) atoms. The van der Waals surface area contributed by atoms with Crippen LogP contribution in [0.15, 0.2) is 24.3 Å². The second-order valence-electron chi connectivity index (χ2n) is 20.2. The lowest BCUT2D eigenvalue weighted by molar-refractivity contribution is -0.147. The molecule has 3 unspecified atom stereocenters. The number of carboxylic acids is 1. The van der Waals surface area contributed by atoms with Crippen molar-refractivity contribution in [2.75, 3.05) is 19.8 Å². The summed E-state index contributed by atoms with van der Waals surface area (Å²) in [6, 6.07) is -1.54. The molecule has 0 aliphatic carbocycles. The Morgan fingerprint density at radius 2 is 0.786 bits per heavy atom. The first-order valence-corrected chi connectivity index (χ1v) is 30.9. The molecule has 3 atom stereocenters. The summed E-state index contributed by atoms with van der Waals surface area (Å²) in [5.74, 6) is -2.35. The highest BCUT2D eigenvalue weighted by Gasteiger charge is 2.28. The van der Waals surface area contributed by atoms with Gasteiger partial charge in [-0.2, -0.15) is 0 Å². The number of hydrogen-bond donors (Lipinski definition) is 4. The summed E-state index contributed by atoms with van der Waals surface area (Å²) < 4.78 is 27.0. The van der Waals surface area contributed by atoms with Gasteiger partial charge in [-0.15, -0.1) is 0 Å². The van der Waals surface area contributed by atoms with Gasteiger partial charge in [-0.3, -0.25) is 18.6 Å². The van der Waals surface area contributed by atoms with Crippen LogP contribution in [0, 0.1) is 0 Å². The SMILES string of the molecule is CCCCC/C=C\C/C=C\CCCCCCCCCCCCCCCC(=O)OCC(O)COP(=O)(O)OCC(NC(=O)CCCCCCCCCCCCCCCCCCCCCCCCC)C(=O)O. The van der Waals surface area contributed by atoms with Crippen LogP contribution in [0.5, 0.6) is 0 Å². The molecule has 0 aromatic carbocycles. The summed E-state index contributed by atoms with van der Waals surface area (Å²) in [7, 11) is -4.76. The van der Waals surface area contributed by atoms with E-state index in [2.05, 4.69) is 43.5 Å². The van der Waals surface area contributed by atoms with E-state index in [0.717, 1.165) is 44.9 Å². The summed E-state index contributed by atoms with van der Waals surface area (Å²) in [5.41, 5.74) is 0. The van der Waals surface area contributed by atoms with Crippen molar-refractivity contribution in [3.63, 3.8) is 0 Å². The number of ether oxygens (including phenoxy) is 1. The van der Waals surface area contributed by atoms with Crippen molar-refractivity contribution in [1.82, 2.24) is 5.32 Å². The molecule has 0 aliphatic heterocycles. The number of aliphatic carboxylic acids is 1. The highest BCUT2D eigenvalue weighted by atomic mass is 31.2. The van der Waals surface area contributed by atoms with Gasteiger partial charge in [0.05, 0.1) is 13.2 Å². The van der Waals surface area contributed by atoms with Crippen molar-refractivity contribution in [2.45, 2.75) is 309 Å². The highest BCUT2D eigenvalue weighted by molar-refractivity contribution is 7.47. The van der Waals surface area contributed by atoms with Gasteiger partial charge >= 0.3 is 19.8 Å². The number of phosphoric acid groups is 1. The first kappa shape index (κ1) is 68.0. The summed E-state index contributed by atoms with van der Waals surface area (Å²) in [4.78, 5) is 46.3. The summed E-state index contributed by atoms with van der Waals surface area (Å²) in [6.07, 6.45) is 60.6.